The lowest BCUT2D eigenvalue weighted by Crippen LogP contribution is -2.37. The van der Waals surface area contributed by atoms with Gasteiger partial charge in [-0.3, -0.25) is 10.1 Å². The second-order valence-corrected chi connectivity index (χ2v) is 5.91. The third-order valence-corrected chi connectivity index (χ3v) is 3.39. The molecular weight excluding hydrogens is 246 g/mol. The number of aliphatic carboxylic acids is 1. The van der Waals surface area contributed by atoms with Crippen LogP contribution >= 0.6 is 22.9 Å². The van der Waals surface area contributed by atoms with Crippen molar-refractivity contribution < 1.29 is 9.90 Å². The van der Waals surface area contributed by atoms with Gasteiger partial charge in [0.25, 0.3) is 0 Å². The van der Waals surface area contributed by atoms with Gasteiger partial charge in [0.1, 0.15) is 6.04 Å². The fourth-order valence-corrected chi connectivity index (χ4v) is 2.45. The number of carboxylic acids is 1. The van der Waals surface area contributed by atoms with Crippen LogP contribution in [0.1, 0.15) is 25.1 Å². The lowest BCUT2D eigenvalue weighted by Gasteiger charge is -2.15. The van der Waals surface area contributed by atoms with E-state index in [0.717, 1.165) is 9.21 Å². The molecule has 16 heavy (non-hydrogen) atoms. The van der Waals surface area contributed by atoms with E-state index in [2.05, 4.69) is 5.32 Å². The normalized spacial score (nSPS) is 13.0. The summed E-state index contributed by atoms with van der Waals surface area (Å²) in [6.07, 6.45) is 0.633. The number of nitrogens with one attached hydrogen (secondary N) is 1. The third-order valence-electron chi connectivity index (χ3n) is 2.16. The highest BCUT2D eigenvalue weighted by molar-refractivity contribution is 7.16. The van der Waals surface area contributed by atoms with E-state index >= 15 is 0 Å². The molecular formula is C11H16ClNO2S. The zero-order chi connectivity index (χ0) is 12.1. The van der Waals surface area contributed by atoms with Crippen molar-refractivity contribution in [2.75, 3.05) is 0 Å². The van der Waals surface area contributed by atoms with Gasteiger partial charge in [-0.2, -0.15) is 0 Å². The van der Waals surface area contributed by atoms with Crippen LogP contribution in [0.3, 0.4) is 0 Å². The maximum atomic E-state index is 11.0. The number of hydrogen-bond acceptors (Lipinski definition) is 3. The standard InChI is InChI=1S/C11H16ClNO2S/c1-7(2)5-9(11(14)15)13-6-8-3-4-10(12)16-8/h3-4,7,9,13H,5-6H2,1-2H3,(H,14,15)/t9-/m0/s1. The summed E-state index contributed by atoms with van der Waals surface area (Å²) in [5, 5.41) is 12.1. The first-order valence-electron chi connectivity index (χ1n) is 5.19. The van der Waals surface area contributed by atoms with Gasteiger partial charge in [0, 0.05) is 11.4 Å². The van der Waals surface area contributed by atoms with E-state index in [1.807, 2.05) is 26.0 Å². The van der Waals surface area contributed by atoms with Crippen LogP contribution in [0, 0.1) is 5.92 Å². The molecule has 0 unspecified atom stereocenters. The Morgan fingerprint density at radius 1 is 1.56 bits per heavy atom. The summed E-state index contributed by atoms with van der Waals surface area (Å²) >= 11 is 7.27. The molecule has 3 nitrogen and oxygen atoms in total. The molecule has 5 heteroatoms. The molecule has 0 saturated heterocycles. The van der Waals surface area contributed by atoms with E-state index in [4.69, 9.17) is 16.7 Å². The SMILES string of the molecule is CC(C)C[C@H](NCc1ccc(Cl)s1)C(=O)O. The van der Waals surface area contributed by atoms with E-state index in [-0.39, 0.29) is 0 Å². The van der Waals surface area contributed by atoms with E-state index in [1.165, 1.54) is 11.3 Å². The quantitative estimate of drug-likeness (QED) is 0.828. The summed E-state index contributed by atoms with van der Waals surface area (Å²) in [6, 6.07) is 3.25. The van der Waals surface area contributed by atoms with Crippen LogP contribution < -0.4 is 5.32 Å². The van der Waals surface area contributed by atoms with E-state index in [9.17, 15) is 4.79 Å². The van der Waals surface area contributed by atoms with Gasteiger partial charge in [0.05, 0.1) is 4.34 Å². The average molecular weight is 262 g/mol. The van der Waals surface area contributed by atoms with Crippen LogP contribution in [-0.2, 0) is 11.3 Å². The zero-order valence-corrected chi connectivity index (χ0v) is 10.9. The number of halogens is 1. The van der Waals surface area contributed by atoms with Crippen LogP contribution in [0.4, 0.5) is 0 Å². The molecule has 0 aromatic carbocycles. The minimum absolute atomic E-state index is 0.362. The maximum Gasteiger partial charge on any atom is 0.320 e. The predicted octanol–water partition coefficient (Wildman–Crippen LogP) is 2.99. The van der Waals surface area contributed by atoms with Crippen molar-refractivity contribution in [2.45, 2.75) is 32.9 Å². The average Bonchev–Trinajstić information content (AvgIpc) is 2.58. The van der Waals surface area contributed by atoms with Gasteiger partial charge >= 0.3 is 5.97 Å². The van der Waals surface area contributed by atoms with Gasteiger partial charge in [-0.05, 0) is 24.5 Å². The fraction of sp³-hybridized carbons (Fsp3) is 0.545. The van der Waals surface area contributed by atoms with Gasteiger partial charge in [0.2, 0.25) is 0 Å². The fourth-order valence-electron chi connectivity index (χ4n) is 1.41. The molecule has 1 heterocycles. The maximum absolute atomic E-state index is 11.0. The monoisotopic (exact) mass is 261 g/mol. The molecule has 0 amide bonds. The van der Waals surface area contributed by atoms with Gasteiger partial charge in [-0.25, -0.2) is 0 Å². The van der Waals surface area contributed by atoms with E-state index in [0.29, 0.717) is 18.9 Å². The number of hydrogen-bond donors (Lipinski definition) is 2. The third kappa shape index (κ3) is 4.51. The second kappa shape index (κ2) is 6.23. The Hall–Kier alpha value is -0.580. The first-order chi connectivity index (χ1) is 7.49. The predicted molar refractivity (Wildman–Crippen MR) is 67.0 cm³/mol. The van der Waals surface area contributed by atoms with Crippen molar-refractivity contribution in [2.24, 2.45) is 5.92 Å². The number of carbonyl (C=O) groups is 1. The molecule has 0 spiro atoms. The Labute approximate surface area is 104 Å². The Kier molecular flexibility index (Phi) is 5.25. The molecule has 90 valence electrons. The zero-order valence-electron chi connectivity index (χ0n) is 9.37. The molecule has 1 aromatic heterocycles. The summed E-state index contributed by atoms with van der Waals surface area (Å²) in [6.45, 7) is 4.58. The summed E-state index contributed by atoms with van der Waals surface area (Å²) in [7, 11) is 0. The summed E-state index contributed by atoms with van der Waals surface area (Å²) in [4.78, 5) is 12.0. The van der Waals surface area contributed by atoms with Crippen molar-refractivity contribution >= 4 is 28.9 Å². The molecule has 0 radical (unpaired) electrons. The topological polar surface area (TPSA) is 49.3 Å². The number of rotatable bonds is 6. The smallest absolute Gasteiger partial charge is 0.320 e. The minimum Gasteiger partial charge on any atom is -0.480 e. The molecule has 0 bridgehead atoms. The van der Waals surface area contributed by atoms with Crippen LogP contribution in [0.5, 0.6) is 0 Å². The molecule has 0 saturated carbocycles. The molecule has 0 fully saturated rings. The first-order valence-corrected chi connectivity index (χ1v) is 6.39. The molecule has 0 aliphatic carbocycles. The van der Waals surface area contributed by atoms with Gasteiger partial charge in [-0.15, -0.1) is 11.3 Å². The van der Waals surface area contributed by atoms with Crippen molar-refractivity contribution in [1.82, 2.24) is 5.32 Å². The van der Waals surface area contributed by atoms with Crippen LogP contribution in [0.15, 0.2) is 12.1 Å². The largest absolute Gasteiger partial charge is 0.480 e. The molecule has 1 aromatic rings. The van der Waals surface area contributed by atoms with Gasteiger partial charge in [0.15, 0.2) is 0 Å². The molecule has 1 atom stereocenters. The Morgan fingerprint density at radius 2 is 2.25 bits per heavy atom. The van der Waals surface area contributed by atoms with Gasteiger partial charge < -0.3 is 5.11 Å². The first kappa shape index (κ1) is 13.5. The van der Waals surface area contributed by atoms with Crippen LogP contribution in [0.25, 0.3) is 0 Å². The lowest BCUT2D eigenvalue weighted by molar-refractivity contribution is -0.139. The Morgan fingerprint density at radius 3 is 2.69 bits per heavy atom. The summed E-state index contributed by atoms with van der Waals surface area (Å²) in [5.74, 6) is -0.433. The second-order valence-electron chi connectivity index (χ2n) is 4.11. The highest BCUT2D eigenvalue weighted by atomic mass is 35.5. The van der Waals surface area contributed by atoms with E-state index < -0.39 is 12.0 Å². The minimum atomic E-state index is -0.795. The summed E-state index contributed by atoms with van der Waals surface area (Å²) < 4.78 is 0.729. The van der Waals surface area contributed by atoms with E-state index in [1.54, 1.807) is 0 Å². The van der Waals surface area contributed by atoms with Crippen LogP contribution in [0.2, 0.25) is 4.34 Å². The molecule has 0 aliphatic heterocycles. The highest BCUT2D eigenvalue weighted by Crippen LogP contribution is 2.21. The number of carboxylic acid groups (broad SMARTS) is 1. The van der Waals surface area contributed by atoms with Gasteiger partial charge in [-0.1, -0.05) is 25.4 Å². The lowest BCUT2D eigenvalue weighted by atomic mass is 10.0. The Bertz CT molecular complexity index is 352. The molecule has 0 aliphatic rings. The van der Waals surface area contributed by atoms with Crippen molar-refractivity contribution in [3.63, 3.8) is 0 Å². The molecule has 2 N–H and O–H groups in total. The van der Waals surface area contributed by atoms with Crippen molar-refractivity contribution in [3.05, 3.63) is 21.3 Å². The van der Waals surface area contributed by atoms with Crippen LogP contribution in [-0.4, -0.2) is 17.1 Å². The molecule has 1 rings (SSSR count). The van der Waals surface area contributed by atoms with Crippen molar-refractivity contribution in [1.29, 1.82) is 0 Å². The highest BCUT2D eigenvalue weighted by Gasteiger charge is 2.18. The Balaban J connectivity index is 2.46. The van der Waals surface area contributed by atoms with Crippen molar-refractivity contribution in [3.8, 4) is 0 Å². The number of thiophene rings is 1. The summed E-state index contributed by atoms with van der Waals surface area (Å²) in [5.41, 5.74) is 0.